The lowest BCUT2D eigenvalue weighted by molar-refractivity contribution is 0.204. The van der Waals surface area contributed by atoms with Gasteiger partial charge in [-0.2, -0.15) is 0 Å². The number of hydrogen-bond acceptors (Lipinski definition) is 3. The molecule has 0 aliphatic rings. The van der Waals surface area contributed by atoms with E-state index in [0.717, 1.165) is 29.8 Å². The molecule has 136 valence electrons. The first-order chi connectivity index (χ1) is 11.7. The van der Waals surface area contributed by atoms with Gasteiger partial charge in [-0.1, -0.05) is 31.2 Å². The molecule has 1 atom stereocenters. The van der Waals surface area contributed by atoms with Crippen LogP contribution >= 0.6 is 24.0 Å². The van der Waals surface area contributed by atoms with Crippen LogP contribution in [0, 0.1) is 6.92 Å². The van der Waals surface area contributed by atoms with E-state index < -0.39 is 0 Å². The molecular weight excluding hydrogens is 427 g/mol. The number of para-hydroxylation sites is 1. The summed E-state index contributed by atoms with van der Waals surface area (Å²) in [6.45, 7) is 5.37. The molecule has 2 aromatic rings. The number of aliphatic imine (C=N–C) groups is 1. The molecule has 0 fully saturated rings. The SMILES string of the molecule is CCC(CN=C(N)NCCc1ccccn1)Oc1ccccc1C.I. The van der Waals surface area contributed by atoms with Gasteiger partial charge in [0.15, 0.2) is 5.96 Å². The summed E-state index contributed by atoms with van der Waals surface area (Å²) < 4.78 is 6.02. The highest BCUT2D eigenvalue weighted by atomic mass is 127. The summed E-state index contributed by atoms with van der Waals surface area (Å²) in [5.74, 6) is 1.35. The molecular formula is C19H27IN4O. The van der Waals surface area contributed by atoms with Gasteiger partial charge in [-0.25, -0.2) is 4.99 Å². The number of benzene rings is 1. The second-order valence-electron chi connectivity index (χ2n) is 5.64. The normalized spacial score (nSPS) is 12.2. The molecule has 25 heavy (non-hydrogen) atoms. The van der Waals surface area contributed by atoms with Crippen molar-refractivity contribution in [2.24, 2.45) is 10.7 Å². The maximum Gasteiger partial charge on any atom is 0.188 e. The van der Waals surface area contributed by atoms with Crippen LogP contribution in [-0.4, -0.2) is 30.1 Å². The lowest BCUT2D eigenvalue weighted by Crippen LogP contribution is -2.34. The number of pyridine rings is 1. The van der Waals surface area contributed by atoms with E-state index in [1.165, 1.54) is 0 Å². The van der Waals surface area contributed by atoms with Gasteiger partial charge in [0.05, 0.1) is 6.54 Å². The second-order valence-corrected chi connectivity index (χ2v) is 5.64. The van der Waals surface area contributed by atoms with Crippen molar-refractivity contribution in [3.8, 4) is 5.75 Å². The van der Waals surface area contributed by atoms with Gasteiger partial charge < -0.3 is 15.8 Å². The number of nitrogens with one attached hydrogen (secondary N) is 1. The Hall–Kier alpha value is -1.83. The summed E-state index contributed by atoms with van der Waals surface area (Å²) >= 11 is 0. The van der Waals surface area contributed by atoms with Crippen molar-refractivity contribution < 1.29 is 4.74 Å². The second kappa shape index (κ2) is 11.7. The molecule has 5 nitrogen and oxygen atoms in total. The van der Waals surface area contributed by atoms with Crippen LogP contribution in [0.3, 0.4) is 0 Å². The minimum absolute atomic E-state index is 0. The summed E-state index contributed by atoms with van der Waals surface area (Å²) in [6, 6.07) is 13.9. The van der Waals surface area contributed by atoms with E-state index >= 15 is 0 Å². The fraction of sp³-hybridized carbons (Fsp3) is 0.368. The molecule has 3 N–H and O–H groups in total. The number of aromatic nitrogens is 1. The maximum atomic E-state index is 6.02. The summed E-state index contributed by atoms with van der Waals surface area (Å²) in [4.78, 5) is 8.67. The first kappa shape index (κ1) is 21.2. The average molecular weight is 454 g/mol. The van der Waals surface area contributed by atoms with E-state index in [4.69, 9.17) is 10.5 Å². The standard InChI is InChI=1S/C19H26N4O.HI/c1-3-17(24-18-10-5-4-8-15(18)2)14-23-19(20)22-13-11-16-9-6-7-12-21-16;/h4-10,12,17H,3,11,13-14H2,1-2H3,(H3,20,22,23);1H. The Balaban J connectivity index is 0.00000312. The smallest absolute Gasteiger partial charge is 0.188 e. The minimum Gasteiger partial charge on any atom is -0.488 e. The molecule has 2 rings (SSSR count). The van der Waals surface area contributed by atoms with Gasteiger partial charge in [-0.15, -0.1) is 24.0 Å². The van der Waals surface area contributed by atoms with Gasteiger partial charge in [0.2, 0.25) is 0 Å². The van der Waals surface area contributed by atoms with Crippen LogP contribution in [0.15, 0.2) is 53.7 Å². The van der Waals surface area contributed by atoms with Crippen LogP contribution in [0.25, 0.3) is 0 Å². The minimum atomic E-state index is 0. The van der Waals surface area contributed by atoms with Gasteiger partial charge >= 0.3 is 0 Å². The molecule has 1 aromatic heterocycles. The van der Waals surface area contributed by atoms with Crippen LogP contribution in [0.5, 0.6) is 5.75 Å². The molecule has 1 unspecified atom stereocenters. The zero-order valence-electron chi connectivity index (χ0n) is 14.8. The van der Waals surface area contributed by atoms with Crippen LogP contribution in [0.2, 0.25) is 0 Å². The number of aryl methyl sites for hydroxylation is 1. The molecule has 0 aliphatic heterocycles. The van der Waals surface area contributed by atoms with E-state index in [1.54, 1.807) is 6.20 Å². The fourth-order valence-electron chi connectivity index (χ4n) is 2.24. The number of nitrogens with zero attached hydrogens (tertiary/aromatic N) is 2. The fourth-order valence-corrected chi connectivity index (χ4v) is 2.24. The predicted octanol–water partition coefficient (Wildman–Crippen LogP) is 3.31. The van der Waals surface area contributed by atoms with Gasteiger partial charge in [0.1, 0.15) is 11.9 Å². The number of halogens is 1. The molecule has 1 heterocycles. The number of guanidine groups is 1. The Labute approximate surface area is 167 Å². The molecule has 1 aromatic carbocycles. The summed E-state index contributed by atoms with van der Waals surface area (Å²) in [5, 5.41) is 3.12. The maximum absolute atomic E-state index is 6.02. The molecule has 0 saturated heterocycles. The number of nitrogens with two attached hydrogens (primary N) is 1. The third kappa shape index (κ3) is 7.72. The van der Waals surface area contributed by atoms with Crippen molar-refractivity contribution in [2.75, 3.05) is 13.1 Å². The lowest BCUT2D eigenvalue weighted by atomic mass is 10.2. The van der Waals surface area contributed by atoms with Crippen LogP contribution in [0.1, 0.15) is 24.6 Å². The first-order valence-electron chi connectivity index (χ1n) is 8.35. The topological polar surface area (TPSA) is 72.5 Å². The van der Waals surface area contributed by atoms with Gasteiger partial charge in [0.25, 0.3) is 0 Å². The van der Waals surface area contributed by atoms with Crippen molar-refractivity contribution >= 4 is 29.9 Å². The van der Waals surface area contributed by atoms with Crippen molar-refractivity contribution in [3.63, 3.8) is 0 Å². The predicted molar refractivity (Wildman–Crippen MR) is 114 cm³/mol. The van der Waals surface area contributed by atoms with Crippen LogP contribution < -0.4 is 15.8 Å². The van der Waals surface area contributed by atoms with E-state index in [-0.39, 0.29) is 30.1 Å². The van der Waals surface area contributed by atoms with E-state index in [9.17, 15) is 0 Å². The molecule has 0 spiro atoms. The first-order valence-corrected chi connectivity index (χ1v) is 8.35. The monoisotopic (exact) mass is 454 g/mol. The Kier molecular flexibility index (Phi) is 9.91. The van der Waals surface area contributed by atoms with E-state index in [2.05, 4.69) is 22.2 Å². The van der Waals surface area contributed by atoms with Crippen molar-refractivity contribution in [3.05, 3.63) is 59.9 Å². The van der Waals surface area contributed by atoms with Gasteiger partial charge in [0, 0.05) is 24.9 Å². The highest BCUT2D eigenvalue weighted by Gasteiger charge is 2.09. The molecule has 0 aliphatic carbocycles. The number of rotatable bonds is 8. The average Bonchev–Trinajstić information content (AvgIpc) is 2.61. The van der Waals surface area contributed by atoms with E-state index in [0.29, 0.717) is 19.0 Å². The zero-order chi connectivity index (χ0) is 17.2. The lowest BCUT2D eigenvalue weighted by Gasteiger charge is -2.17. The molecule has 0 saturated carbocycles. The molecule has 0 radical (unpaired) electrons. The molecule has 0 amide bonds. The van der Waals surface area contributed by atoms with Crippen molar-refractivity contribution in [1.29, 1.82) is 0 Å². The molecule has 6 heteroatoms. The molecule has 0 bridgehead atoms. The zero-order valence-corrected chi connectivity index (χ0v) is 17.1. The largest absolute Gasteiger partial charge is 0.488 e. The summed E-state index contributed by atoms with van der Waals surface area (Å²) in [7, 11) is 0. The third-order valence-corrected chi connectivity index (χ3v) is 3.72. The van der Waals surface area contributed by atoms with Gasteiger partial charge in [-0.3, -0.25) is 4.98 Å². The highest BCUT2D eigenvalue weighted by Crippen LogP contribution is 2.18. The van der Waals surface area contributed by atoms with Crippen LogP contribution in [-0.2, 0) is 6.42 Å². The summed E-state index contributed by atoms with van der Waals surface area (Å²) in [5.41, 5.74) is 8.09. The Morgan fingerprint density at radius 1 is 1.24 bits per heavy atom. The Morgan fingerprint density at radius 3 is 2.68 bits per heavy atom. The quantitative estimate of drug-likeness (QED) is 0.365. The Bertz CT molecular complexity index is 649. The number of ether oxygens (including phenoxy) is 1. The van der Waals surface area contributed by atoms with Crippen LogP contribution in [0.4, 0.5) is 0 Å². The van der Waals surface area contributed by atoms with Crippen molar-refractivity contribution in [1.82, 2.24) is 10.3 Å². The van der Waals surface area contributed by atoms with E-state index in [1.807, 2.05) is 49.4 Å². The summed E-state index contributed by atoms with van der Waals surface area (Å²) in [6.07, 6.45) is 3.50. The van der Waals surface area contributed by atoms with Gasteiger partial charge in [-0.05, 0) is 37.1 Å². The third-order valence-electron chi connectivity index (χ3n) is 3.72. The number of hydrogen-bond donors (Lipinski definition) is 2. The highest BCUT2D eigenvalue weighted by molar-refractivity contribution is 14.0. The Morgan fingerprint density at radius 2 is 2.00 bits per heavy atom. The van der Waals surface area contributed by atoms with Crippen molar-refractivity contribution in [2.45, 2.75) is 32.8 Å².